The molecule has 33 heavy (non-hydrogen) atoms. The molecule has 2 rings (SSSR count). The van der Waals surface area contributed by atoms with Crippen molar-refractivity contribution < 1.29 is 27.5 Å². The molecular formula is C23H31N3O6S. The minimum Gasteiger partial charge on any atom is -0.497 e. The Morgan fingerprint density at radius 2 is 1.67 bits per heavy atom. The molecule has 0 aliphatic carbocycles. The van der Waals surface area contributed by atoms with Gasteiger partial charge in [0.2, 0.25) is 21.8 Å². The Morgan fingerprint density at radius 3 is 2.21 bits per heavy atom. The third-order valence-electron chi connectivity index (χ3n) is 5.04. The maximum Gasteiger partial charge on any atom is 0.247 e. The average molecular weight is 478 g/mol. The number of ether oxygens (including phenoxy) is 2. The van der Waals surface area contributed by atoms with E-state index in [0.717, 1.165) is 16.1 Å². The van der Waals surface area contributed by atoms with Crippen molar-refractivity contribution in [1.29, 1.82) is 0 Å². The number of rotatable bonds is 12. The highest BCUT2D eigenvalue weighted by atomic mass is 32.2. The molecule has 2 aromatic carbocycles. The molecule has 2 amide bonds. The summed E-state index contributed by atoms with van der Waals surface area (Å²) in [6, 6.07) is 15.0. The van der Waals surface area contributed by atoms with Gasteiger partial charge in [0.25, 0.3) is 0 Å². The van der Waals surface area contributed by atoms with Crippen molar-refractivity contribution in [2.45, 2.75) is 12.6 Å². The van der Waals surface area contributed by atoms with E-state index < -0.39 is 28.5 Å². The van der Waals surface area contributed by atoms with E-state index in [9.17, 15) is 18.0 Å². The maximum absolute atomic E-state index is 13.4. The first kappa shape index (κ1) is 26.3. The molecule has 0 saturated heterocycles. The summed E-state index contributed by atoms with van der Waals surface area (Å²) in [7, 11) is 0.825. The van der Waals surface area contributed by atoms with Crippen LogP contribution in [0.15, 0.2) is 54.6 Å². The number of nitrogens with one attached hydrogen (secondary N) is 1. The second-order valence-electron chi connectivity index (χ2n) is 7.49. The standard InChI is InChI=1S/C23H31N3O6S/c1-25(33(4,29)30)17-21(27)26(16-18-10-12-20(32-3)13-11-18)22(19-8-6-5-7-9-19)23(28)24-14-15-31-2/h5-13,22H,14-17H2,1-4H3,(H,24,28). The Kier molecular flexibility index (Phi) is 9.83. The number of benzene rings is 2. The lowest BCUT2D eigenvalue weighted by molar-refractivity contribution is -0.141. The predicted octanol–water partition coefficient (Wildman–Crippen LogP) is 1.42. The third kappa shape index (κ3) is 7.85. The Morgan fingerprint density at radius 1 is 1.03 bits per heavy atom. The van der Waals surface area contributed by atoms with Gasteiger partial charge in [0.1, 0.15) is 11.8 Å². The molecule has 0 radical (unpaired) electrons. The minimum atomic E-state index is -3.59. The van der Waals surface area contributed by atoms with Crippen molar-refractivity contribution in [2.75, 3.05) is 47.2 Å². The molecule has 0 heterocycles. The van der Waals surface area contributed by atoms with Crippen molar-refractivity contribution in [3.63, 3.8) is 0 Å². The molecule has 0 spiro atoms. The van der Waals surface area contributed by atoms with Crippen molar-refractivity contribution in [3.8, 4) is 5.75 Å². The molecule has 9 nitrogen and oxygen atoms in total. The first-order valence-corrected chi connectivity index (χ1v) is 12.2. The van der Waals surface area contributed by atoms with Gasteiger partial charge >= 0.3 is 0 Å². The topological polar surface area (TPSA) is 105 Å². The van der Waals surface area contributed by atoms with E-state index in [1.165, 1.54) is 19.1 Å². The Bertz CT molecular complexity index is 1010. The first-order chi connectivity index (χ1) is 15.7. The van der Waals surface area contributed by atoms with E-state index in [2.05, 4.69) is 5.32 Å². The molecule has 180 valence electrons. The number of carbonyl (C=O) groups is 2. The quantitative estimate of drug-likeness (QED) is 0.464. The third-order valence-corrected chi connectivity index (χ3v) is 6.30. The van der Waals surface area contributed by atoms with Crippen LogP contribution in [0.4, 0.5) is 0 Å². The van der Waals surface area contributed by atoms with Gasteiger partial charge in [0.15, 0.2) is 0 Å². The number of hydrogen-bond donors (Lipinski definition) is 1. The number of amides is 2. The highest BCUT2D eigenvalue weighted by Gasteiger charge is 2.32. The first-order valence-electron chi connectivity index (χ1n) is 10.3. The zero-order valence-corrected chi connectivity index (χ0v) is 20.2. The fourth-order valence-electron chi connectivity index (χ4n) is 3.13. The second-order valence-corrected chi connectivity index (χ2v) is 9.58. The monoisotopic (exact) mass is 477 g/mol. The summed E-state index contributed by atoms with van der Waals surface area (Å²) < 4.78 is 35.0. The number of hydrogen-bond acceptors (Lipinski definition) is 6. The number of carbonyl (C=O) groups excluding carboxylic acids is 2. The van der Waals surface area contributed by atoms with Gasteiger partial charge in [-0.2, -0.15) is 4.31 Å². The maximum atomic E-state index is 13.4. The molecule has 0 aromatic heterocycles. The van der Waals surface area contributed by atoms with E-state index in [1.807, 2.05) is 6.07 Å². The fourth-order valence-corrected chi connectivity index (χ4v) is 3.48. The van der Waals surface area contributed by atoms with Crippen molar-refractivity contribution in [2.24, 2.45) is 0 Å². The Balaban J connectivity index is 2.45. The smallest absolute Gasteiger partial charge is 0.247 e. The van der Waals surface area contributed by atoms with Crippen LogP contribution >= 0.6 is 0 Å². The largest absolute Gasteiger partial charge is 0.497 e. The van der Waals surface area contributed by atoms with Gasteiger partial charge in [0.05, 0.1) is 26.5 Å². The number of methoxy groups -OCH3 is 2. The van der Waals surface area contributed by atoms with Crippen molar-refractivity contribution >= 4 is 21.8 Å². The van der Waals surface area contributed by atoms with E-state index in [4.69, 9.17) is 9.47 Å². The fraction of sp³-hybridized carbons (Fsp3) is 0.391. The van der Waals surface area contributed by atoms with Crippen LogP contribution in [0.2, 0.25) is 0 Å². The van der Waals surface area contributed by atoms with Gasteiger partial charge in [-0.3, -0.25) is 9.59 Å². The van der Waals surface area contributed by atoms with Crippen LogP contribution in [0, 0.1) is 0 Å². The Hall–Kier alpha value is -2.95. The molecule has 0 fully saturated rings. The summed E-state index contributed by atoms with van der Waals surface area (Å²) in [4.78, 5) is 28.0. The molecule has 0 aliphatic heterocycles. The number of nitrogens with zero attached hydrogens (tertiary/aromatic N) is 2. The summed E-state index contributed by atoms with van der Waals surface area (Å²) in [6.07, 6.45) is 1.03. The van der Waals surface area contributed by atoms with Crippen LogP contribution in [0.5, 0.6) is 5.75 Å². The molecule has 0 saturated carbocycles. The zero-order valence-electron chi connectivity index (χ0n) is 19.4. The predicted molar refractivity (Wildman–Crippen MR) is 125 cm³/mol. The van der Waals surface area contributed by atoms with Gasteiger partial charge in [-0.25, -0.2) is 8.42 Å². The molecule has 0 bridgehead atoms. The second kappa shape index (κ2) is 12.3. The molecule has 1 N–H and O–H groups in total. The summed E-state index contributed by atoms with van der Waals surface area (Å²) in [5, 5.41) is 2.80. The summed E-state index contributed by atoms with van der Waals surface area (Å²) in [6.45, 7) is 0.282. The van der Waals surface area contributed by atoms with E-state index >= 15 is 0 Å². The van der Waals surface area contributed by atoms with E-state index in [-0.39, 0.29) is 19.0 Å². The SMILES string of the molecule is COCCNC(=O)C(c1ccccc1)N(Cc1ccc(OC)cc1)C(=O)CN(C)S(C)(=O)=O. The zero-order chi connectivity index (χ0) is 24.4. The lowest BCUT2D eigenvalue weighted by atomic mass is 10.0. The molecule has 2 aromatic rings. The Labute approximate surface area is 195 Å². The molecular weight excluding hydrogens is 446 g/mol. The number of sulfonamides is 1. The summed E-state index contributed by atoms with van der Waals surface area (Å²) >= 11 is 0. The highest BCUT2D eigenvalue weighted by molar-refractivity contribution is 7.88. The normalized spacial score (nSPS) is 12.3. The average Bonchev–Trinajstić information content (AvgIpc) is 2.79. The van der Waals surface area contributed by atoms with E-state index in [1.54, 1.807) is 55.6 Å². The highest BCUT2D eigenvalue weighted by Crippen LogP contribution is 2.25. The van der Waals surface area contributed by atoms with Crippen molar-refractivity contribution in [1.82, 2.24) is 14.5 Å². The van der Waals surface area contributed by atoms with Crippen LogP contribution in [-0.2, 0) is 30.9 Å². The number of likely N-dealkylation sites (N-methyl/N-ethyl adjacent to an activating group) is 1. The van der Waals surface area contributed by atoms with Crippen LogP contribution in [0.1, 0.15) is 17.2 Å². The van der Waals surface area contributed by atoms with Gasteiger partial charge < -0.3 is 19.7 Å². The van der Waals surface area contributed by atoms with Crippen LogP contribution in [-0.4, -0.2) is 76.7 Å². The van der Waals surface area contributed by atoms with Gasteiger partial charge in [-0.15, -0.1) is 0 Å². The minimum absolute atomic E-state index is 0.0949. The van der Waals surface area contributed by atoms with Crippen LogP contribution in [0.3, 0.4) is 0 Å². The molecule has 0 aliphatic rings. The molecule has 1 atom stereocenters. The van der Waals surface area contributed by atoms with Gasteiger partial charge in [0, 0.05) is 27.2 Å². The van der Waals surface area contributed by atoms with Crippen LogP contribution in [0.25, 0.3) is 0 Å². The lowest BCUT2D eigenvalue weighted by Gasteiger charge is -2.32. The van der Waals surface area contributed by atoms with Crippen molar-refractivity contribution in [3.05, 3.63) is 65.7 Å². The van der Waals surface area contributed by atoms with Gasteiger partial charge in [-0.05, 0) is 23.3 Å². The molecule has 10 heteroatoms. The summed E-state index contributed by atoms with van der Waals surface area (Å²) in [5.41, 5.74) is 1.37. The van der Waals surface area contributed by atoms with Gasteiger partial charge in [-0.1, -0.05) is 42.5 Å². The molecule has 1 unspecified atom stereocenters. The lowest BCUT2D eigenvalue weighted by Crippen LogP contribution is -2.47. The summed E-state index contributed by atoms with van der Waals surface area (Å²) in [5.74, 6) is -0.234. The van der Waals surface area contributed by atoms with E-state index in [0.29, 0.717) is 17.9 Å². The van der Waals surface area contributed by atoms with Crippen LogP contribution < -0.4 is 10.1 Å².